The van der Waals surface area contributed by atoms with Gasteiger partial charge in [-0.15, -0.1) is 24.0 Å². The second-order valence-electron chi connectivity index (χ2n) is 4.56. The molecular formula is C15H25IN4O3. The van der Waals surface area contributed by atoms with E-state index in [-0.39, 0.29) is 42.2 Å². The molecule has 0 unspecified atom stereocenters. The van der Waals surface area contributed by atoms with Gasteiger partial charge in [-0.1, -0.05) is 0 Å². The number of rotatable bonds is 8. The maximum atomic E-state index is 11.8. The van der Waals surface area contributed by atoms with Crippen molar-refractivity contribution in [3.63, 3.8) is 0 Å². The highest BCUT2D eigenvalue weighted by molar-refractivity contribution is 14.0. The van der Waals surface area contributed by atoms with Crippen LogP contribution in [0.5, 0.6) is 5.75 Å². The smallest absolute Gasteiger partial charge is 0.246 e. The summed E-state index contributed by atoms with van der Waals surface area (Å²) in [5.41, 5.74) is 0.621. The van der Waals surface area contributed by atoms with Crippen LogP contribution in [0.25, 0.3) is 0 Å². The van der Waals surface area contributed by atoms with Crippen LogP contribution in [-0.4, -0.2) is 50.3 Å². The number of ether oxygens (including phenoxy) is 1. The highest BCUT2D eigenvalue weighted by Crippen LogP contribution is 2.13. The Hall–Kier alpha value is -1.55. The summed E-state index contributed by atoms with van der Waals surface area (Å²) in [6.45, 7) is 4.09. The van der Waals surface area contributed by atoms with Crippen LogP contribution in [-0.2, 0) is 9.53 Å². The molecular weight excluding hydrogens is 411 g/mol. The number of methoxy groups -OCH3 is 1. The number of aliphatic imine (C=N–C) groups is 1. The molecule has 1 amide bonds. The van der Waals surface area contributed by atoms with Crippen molar-refractivity contribution in [1.29, 1.82) is 0 Å². The number of guanidine groups is 1. The minimum Gasteiger partial charge on any atom is -0.508 e. The van der Waals surface area contributed by atoms with Crippen LogP contribution >= 0.6 is 24.0 Å². The second kappa shape index (κ2) is 12.9. The fourth-order valence-corrected chi connectivity index (χ4v) is 1.66. The number of carbonyl (C=O) groups is 1. The Morgan fingerprint density at radius 2 is 1.96 bits per heavy atom. The van der Waals surface area contributed by atoms with E-state index in [2.05, 4.69) is 20.9 Å². The van der Waals surface area contributed by atoms with E-state index >= 15 is 0 Å². The molecule has 7 nitrogen and oxygen atoms in total. The van der Waals surface area contributed by atoms with E-state index in [1.165, 1.54) is 12.1 Å². The fraction of sp³-hybridized carbons (Fsp3) is 0.467. The zero-order valence-corrected chi connectivity index (χ0v) is 15.8. The topological polar surface area (TPSA) is 95.0 Å². The van der Waals surface area contributed by atoms with Crippen LogP contribution in [0.2, 0.25) is 0 Å². The first kappa shape index (κ1) is 21.4. The third kappa shape index (κ3) is 9.95. The van der Waals surface area contributed by atoms with Gasteiger partial charge in [0.25, 0.3) is 0 Å². The van der Waals surface area contributed by atoms with Crippen molar-refractivity contribution in [1.82, 2.24) is 10.6 Å². The molecule has 0 bridgehead atoms. The Morgan fingerprint density at radius 1 is 1.26 bits per heavy atom. The second-order valence-corrected chi connectivity index (χ2v) is 4.56. The van der Waals surface area contributed by atoms with Crippen LogP contribution in [0.15, 0.2) is 29.3 Å². The molecule has 0 saturated carbocycles. The Labute approximate surface area is 153 Å². The van der Waals surface area contributed by atoms with Crippen LogP contribution in [0.3, 0.4) is 0 Å². The molecule has 4 N–H and O–H groups in total. The van der Waals surface area contributed by atoms with Gasteiger partial charge in [-0.05, 0) is 37.6 Å². The predicted molar refractivity (Wildman–Crippen MR) is 103 cm³/mol. The van der Waals surface area contributed by atoms with Crippen molar-refractivity contribution < 1.29 is 14.6 Å². The van der Waals surface area contributed by atoms with Crippen molar-refractivity contribution in [2.24, 2.45) is 4.99 Å². The van der Waals surface area contributed by atoms with Crippen LogP contribution in [0.1, 0.15) is 13.3 Å². The van der Waals surface area contributed by atoms with Crippen LogP contribution in [0.4, 0.5) is 5.69 Å². The summed E-state index contributed by atoms with van der Waals surface area (Å²) in [5, 5.41) is 18.1. The number of nitrogens with zero attached hydrogens (tertiary/aromatic N) is 1. The maximum Gasteiger partial charge on any atom is 0.246 e. The zero-order valence-electron chi connectivity index (χ0n) is 13.5. The van der Waals surface area contributed by atoms with Crippen LogP contribution in [0, 0.1) is 0 Å². The number of hydrogen-bond donors (Lipinski definition) is 4. The van der Waals surface area contributed by atoms with Gasteiger partial charge in [-0.2, -0.15) is 0 Å². The lowest BCUT2D eigenvalue weighted by Gasteiger charge is -2.11. The summed E-state index contributed by atoms with van der Waals surface area (Å²) in [7, 11) is 1.66. The van der Waals surface area contributed by atoms with Crippen molar-refractivity contribution in [3.05, 3.63) is 24.3 Å². The summed E-state index contributed by atoms with van der Waals surface area (Å²) in [4.78, 5) is 16.0. The predicted octanol–water partition coefficient (Wildman–Crippen LogP) is 1.54. The Kier molecular flexibility index (Phi) is 12.1. The van der Waals surface area contributed by atoms with Gasteiger partial charge in [0, 0.05) is 32.5 Å². The van der Waals surface area contributed by atoms with Gasteiger partial charge in [0.15, 0.2) is 5.96 Å². The number of hydrogen-bond acceptors (Lipinski definition) is 4. The van der Waals surface area contributed by atoms with Crippen molar-refractivity contribution >= 4 is 41.5 Å². The van der Waals surface area contributed by atoms with E-state index in [9.17, 15) is 9.90 Å². The maximum absolute atomic E-state index is 11.8. The average molecular weight is 436 g/mol. The number of phenolic OH excluding ortho intramolecular Hbond substituents is 1. The van der Waals surface area contributed by atoms with E-state index in [0.717, 1.165) is 19.5 Å². The number of nitrogens with one attached hydrogen (secondary N) is 3. The first-order chi connectivity index (χ1) is 10.7. The molecule has 130 valence electrons. The number of carbonyl (C=O) groups excluding carboxylic acids is 1. The molecule has 0 saturated heterocycles. The number of amides is 1. The highest BCUT2D eigenvalue weighted by atomic mass is 127. The van der Waals surface area contributed by atoms with E-state index in [1.54, 1.807) is 19.2 Å². The molecule has 1 rings (SSSR count). The van der Waals surface area contributed by atoms with E-state index in [1.807, 2.05) is 6.92 Å². The Morgan fingerprint density at radius 3 is 2.57 bits per heavy atom. The summed E-state index contributed by atoms with van der Waals surface area (Å²) < 4.78 is 4.97. The summed E-state index contributed by atoms with van der Waals surface area (Å²) in [6.07, 6.45) is 0.862. The number of halogens is 1. The van der Waals surface area contributed by atoms with E-state index in [4.69, 9.17) is 4.74 Å². The van der Waals surface area contributed by atoms with Crippen molar-refractivity contribution in [3.8, 4) is 5.75 Å². The van der Waals surface area contributed by atoms with Gasteiger partial charge in [0.2, 0.25) is 5.91 Å². The molecule has 0 radical (unpaired) electrons. The molecule has 8 heteroatoms. The van der Waals surface area contributed by atoms with Gasteiger partial charge in [0.1, 0.15) is 12.3 Å². The molecule has 0 aliphatic heterocycles. The Balaban J connectivity index is 0.00000484. The lowest BCUT2D eigenvalue weighted by Crippen LogP contribution is -2.38. The third-order valence-electron chi connectivity index (χ3n) is 2.69. The van der Waals surface area contributed by atoms with Gasteiger partial charge >= 0.3 is 0 Å². The number of aromatic hydroxyl groups is 1. The first-order valence-corrected chi connectivity index (χ1v) is 7.25. The molecule has 0 spiro atoms. The zero-order chi connectivity index (χ0) is 16.2. The molecule has 1 aromatic rings. The minimum atomic E-state index is -0.222. The third-order valence-corrected chi connectivity index (χ3v) is 2.69. The molecule has 1 aromatic carbocycles. The summed E-state index contributed by atoms with van der Waals surface area (Å²) in [5.74, 6) is 0.532. The molecule has 0 aliphatic rings. The van der Waals surface area contributed by atoms with Gasteiger partial charge in [-0.3, -0.25) is 4.79 Å². The molecule has 0 atom stereocenters. The fourth-order valence-electron chi connectivity index (χ4n) is 1.66. The van der Waals surface area contributed by atoms with E-state index in [0.29, 0.717) is 18.3 Å². The number of phenols is 1. The highest BCUT2D eigenvalue weighted by Gasteiger charge is 2.03. The average Bonchev–Trinajstić information content (AvgIpc) is 2.51. The molecule has 0 aromatic heterocycles. The first-order valence-electron chi connectivity index (χ1n) is 7.25. The lowest BCUT2D eigenvalue weighted by atomic mass is 10.3. The normalized spacial score (nSPS) is 10.6. The van der Waals surface area contributed by atoms with Crippen molar-refractivity contribution in [2.75, 3.05) is 38.7 Å². The van der Waals surface area contributed by atoms with Gasteiger partial charge < -0.3 is 25.8 Å². The van der Waals surface area contributed by atoms with Crippen molar-refractivity contribution in [2.45, 2.75) is 13.3 Å². The molecule has 0 fully saturated rings. The molecule has 0 aliphatic carbocycles. The van der Waals surface area contributed by atoms with Crippen LogP contribution < -0.4 is 16.0 Å². The summed E-state index contributed by atoms with van der Waals surface area (Å²) in [6, 6.07) is 6.29. The quantitative estimate of drug-likeness (QED) is 0.163. The van der Waals surface area contributed by atoms with Gasteiger partial charge in [0.05, 0.1) is 0 Å². The van der Waals surface area contributed by atoms with Gasteiger partial charge in [-0.25, -0.2) is 4.99 Å². The Bertz CT molecular complexity index is 480. The number of anilines is 1. The summed E-state index contributed by atoms with van der Waals surface area (Å²) >= 11 is 0. The lowest BCUT2D eigenvalue weighted by molar-refractivity contribution is -0.114. The van der Waals surface area contributed by atoms with E-state index < -0.39 is 0 Å². The SMILES string of the molecule is CCNC(=NCC(=O)Nc1ccc(O)cc1)NCCCOC.I. The molecule has 23 heavy (non-hydrogen) atoms. The monoisotopic (exact) mass is 436 g/mol. The standard InChI is InChI=1S/C15H24N4O3.HI/c1-3-16-15(17-9-4-10-22-2)18-11-14(21)19-12-5-7-13(20)8-6-12;/h5-8,20H,3-4,9-11H2,1-2H3,(H,19,21)(H2,16,17,18);1H. The largest absolute Gasteiger partial charge is 0.508 e. The molecule has 0 heterocycles. The number of benzene rings is 1. The minimum absolute atomic E-state index is 0.